The highest BCUT2D eigenvalue weighted by Crippen LogP contribution is 2.30. The fraction of sp³-hybridized carbons (Fsp3) is 0.818. The topological polar surface area (TPSA) is 0 Å². The van der Waals surface area contributed by atoms with Crippen LogP contribution in [0.2, 0.25) is 0 Å². The van der Waals surface area contributed by atoms with Crippen LogP contribution in [-0.2, 0) is 0 Å². The summed E-state index contributed by atoms with van der Waals surface area (Å²) >= 11 is 3.78. The molecule has 0 radical (unpaired) electrons. The van der Waals surface area contributed by atoms with E-state index in [9.17, 15) is 0 Å². The maximum absolute atomic E-state index is 3.78. The number of halogens is 1. The second-order valence-corrected chi connectivity index (χ2v) is 5.14. The zero-order valence-electron chi connectivity index (χ0n) is 8.09. The van der Waals surface area contributed by atoms with Gasteiger partial charge in [0, 0.05) is 4.83 Å². The number of hydrogen-bond donors (Lipinski definition) is 0. The lowest BCUT2D eigenvalue weighted by Gasteiger charge is -2.25. The van der Waals surface area contributed by atoms with E-state index in [1.165, 1.54) is 25.7 Å². The normalized spacial score (nSPS) is 40.1. The van der Waals surface area contributed by atoms with E-state index in [1.54, 1.807) is 0 Å². The van der Waals surface area contributed by atoms with Gasteiger partial charge in [-0.1, -0.05) is 48.4 Å². The number of rotatable bonds is 1. The Kier molecular flexibility index (Phi) is 4.34. The molecular weight excluding hydrogens is 212 g/mol. The highest BCUT2D eigenvalue weighted by molar-refractivity contribution is 9.09. The third-order valence-electron chi connectivity index (χ3n) is 2.81. The zero-order valence-corrected chi connectivity index (χ0v) is 9.68. The summed E-state index contributed by atoms with van der Waals surface area (Å²) in [5, 5.41) is 0. The fourth-order valence-electron chi connectivity index (χ4n) is 1.93. The lowest BCUT2D eigenvalue weighted by atomic mass is 9.86. The van der Waals surface area contributed by atoms with Crippen LogP contribution >= 0.6 is 15.9 Å². The van der Waals surface area contributed by atoms with Gasteiger partial charge in [0.05, 0.1) is 0 Å². The first kappa shape index (κ1) is 10.3. The molecule has 1 aliphatic carbocycles. The first-order chi connectivity index (χ1) is 5.74. The van der Waals surface area contributed by atoms with Crippen LogP contribution in [0.3, 0.4) is 0 Å². The molecule has 0 amide bonds. The van der Waals surface area contributed by atoms with Crippen LogP contribution in [0.5, 0.6) is 0 Å². The third kappa shape index (κ3) is 2.93. The molecule has 0 aromatic carbocycles. The molecule has 0 aliphatic heterocycles. The van der Waals surface area contributed by atoms with Crippen molar-refractivity contribution in [2.24, 2.45) is 11.8 Å². The minimum absolute atomic E-state index is 0.710. The summed E-state index contributed by atoms with van der Waals surface area (Å²) < 4.78 is 0. The first-order valence-corrected chi connectivity index (χ1v) is 5.94. The van der Waals surface area contributed by atoms with Crippen molar-refractivity contribution in [1.82, 2.24) is 0 Å². The summed E-state index contributed by atoms with van der Waals surface area (Å²) in [6, 6.07) is 0. The second kappa shape index (κ2) is 5.06. The number of allylic oxidation sites excluding steroid dienone is 2. The van der Waals surface area contributed by atoms with Crippen LogP contribution in [0.1, 0.15) is 39.5 Å². The van der Waals surface area contributed by atoms with Gasteiger partial charge < -0.3 is 0 Å². The Labute approximate surface area is 84.6 Å². The Morgan fingerprint density at radius 1 is 1.33 bits per heavy atom. The minimum Gasteiger partial charge on any atom is -0.0884 e. The number of alkyl halides is 1. The number of hydrogen-bond acceptors (Lipinski definition) is 0. The highest BCUT2D eigenvalue weighted by atomic mass is 79.9. The summed E-state index contributed by atoms with van der Waals surface area (Å²) in [7, 11) is 0. The molecule has 1 heteroatoms. The maximum Gasteiger partial charge on any atom is 0.0208 e. The molecule has 0 spiro atoms. The monoisotopic (exact) mass is 230 g/mol. The fourth-order valence-corrected chi connectivity index (χ4v) is 2.74. The molecule has 0 bridgehead atoms. The van der Waals surface area contributed by atoms with Crippen molar-refractivity contribution in [3.63, 3.8) is 0 Å². The molecule has 1 aliphatic rings. The van der Waals surface area contributed by atoms with Gasteiger partial charge in [0.25, 0.3) is 0 Å². The predicted octanol–water partition coefficient (Wildman–Crippen LogP) is 4.15. The van der Waals surface area contributed by atoms with E-state index in [1.807, 2.05) is 0 Å². The maximum atomic E-state index is 3.78. The average Bonchev–Trinajstić information content (AvgIpc) is 2.05. The molecular formula is C11H19Br. The summed E-state index contributed by atoms with van der Waals surface area (Å²) in [4.78, 5) is 0.710. The van der Waals surface area contributed by atoms with Crippen LogP contribution in [-0.4, -0.2) is 4.83 Å². The van der Waals surface area contributed by atoms with Gasteiger partial charge >= 0.3 is 0 Å². The van der Waals surface area contributed by atoms with Crippen LogP contribution in [0, 0.1) is 11.8 Å². The summed E-state index contributed by atoms with van der Waals surface area (Å²) in [5.41, 5.74) is 0. The molecule has 0 unspecified atom stereocenters. The van der Waals surface area contributed by atoms with Crippen molar-refractivity contribution in [3.05, 3.63) is 12.2 Å². The Bertz CT molecular complexity index is 151. The van der Waals surface area contributed by atoms with E-state index in [4.69, 9.17) is 0 Å². The van der Waals surface area contributed by atoms with Gasteiger partial charge in [-0.05, 0) is 31.1 Å². The molecule has 0 nitrogen and oxygen atoms in total. The van der Waals surface area contributed by atoms with Gasteiger partial charge in [-0.2, -0.15) is 0 Å². The van der Waals surface area contributed by atoms with E-state index in [0.29, 0.717) is 4.83 Å². The summed E-state index contributed by atoms with van der Waals surface area (Å²) in [6.07, 6.45) is 9.86. The zero-order chi connectivity index (χ0) is 8.97. The molecule has 12 heavy (non-hydrogen) atoms. The molecule has 0 fully saturated rings. The quantitative estimate of drug-likeness (QED) is 0.469. The van der Waals surface area contributed by atoms with E-state index in [-0.39, 0.29) is 0 Å². The van der Waals surface area contributed by atoms with E-state index < -0.39 is 0 Å². The van der Waals surface area contributed by atoms with Crippen molar-refractivity contribution in [2.45, 2.75) is 44.4 Å². The molecule has 0 heterocycles. The van der Waals surface area contributed by atoms with E-state index >= 15 is 0 Å². The Balaban J connectivity index is 2.55. The van der Waals surface area contributed by atoms with Crippen LogP contribution < -0.4 is 0 Å². The summed E-state index contributed by atoms with van der Waals surface area (Å²) in [5.74, 6) is 1.75. The van der Waals surface area contributed by atoms with Crippen molar-refractivity contribution < 1.29 is 0 Å². The smallest absolute Gasteiger partial charge is 0.0208 e. The van der Waals surface area contributed by atoms with Crippen molar-refractivity contribution in [2.75, 3.05) is 0 Å². The molecule has 0 N–H and O–H groups in total. The highest BCUT2D eigenvalue weighted by Gasteiger charge is 2.19. The van der Waals surface area contributed by atoms with Crippen molar-refractivity contribution in [1.29, 1.82) is 0 Å². The molecule has 1 rings (SSSR count). The molecule has 0 aromatic rings. The molecule has 0 saturated heterocycles. The first-order valence-electron chi connectivity index (χ1n) is 5.03. The van der Waals surface area contributed by atoms with Crippen LogP contribution in [0.15, 0.2) is 12.2 Å². The van der Waals surface area contributed by atoms with Gasteiger partial charge in [-0.15, -0.1) is 0 Å². The predicted molar refractivity (Wildman–Crippen MR) is 58.7 cm³/mol. The van der Waals surface area contributed by atoms with Crippen molar-refractivity contribution >= 4 is 15.9 Å². The largest absolute Gasteiger partial charge is 0.0884 e. The van der Waals surface area contributed by atoms with Gasteiger partial charge in [-0.25, -0.2) is 0 Å². The van der Waals surface area contributed by atoms with E-state index in [2.05, 4.69) is 41.9 Å². The Morgan fingerprint density at radius 3 is 2.67 bits per heavy atom. The molecule has 0 aromatic heterocycles. The molecule has 3 atom stereocenters. The van der Waals surface area contributed by atoms with Gasteiger partial charge in [-0.3, -0.25) is 0 Å². The van der Waals surface area contributed by atoms with Crippen molar-refractivity contribution in [3.8, 4) is 0 Å². The van der Waals surface area contributed by atoms with E-state index in [0.717, 1.165) is 11.8 Å². The minimum atomic E-state index is 0.710. The van der Waals surface area contributed by atoms with Gasteiger partial charge in [0.15, 0.2) is 0 Å². The third-order valence-corrected chi connectivity index (χ3v) is 3.93. The molecule has 70 valence electrons. The average molecular weight is 231 g/mol. The van der Waals surface area contributed by atoms with Gasteiger partial charge in [0.2, 0.25) is 0 Å². The SMILES string of the molecule is CC[C@H]1C[C@@H](C)C/C=C\C[C@@H]1Br. The lowest BCUT2D eigenvalue weighted by molar-refractivity contribution is 0.369. The van der Waals surface area contributed by atoms with Crippen LogP contribution in [0.4, 0.5) is 0 Å². The van der Waals surface area contributed by atoms with Crippen LogP contribution in [0.25, 0.3) is 0 Å². The molecule has 0 saturated carbocycles. The summed E-state index contributed by atoms with van der Waals surface area (Å²) in [6.45, 7) is 4.66. The lowest BCUT2D eigenvalue weighted by Crippen LogP contribution is -2.17. The Hall–Kier alpha value is 0.220. The van der Waals surface area contributed by atoms with Gasteiger partial charge in [0.1, 0.15) is 0 Å². The standard InChI is InChI=1S/C11H19Br/c1-3-10-8-9(2)6-4-5-7-11(10)12/h4-5,9-11H,3,6-8H2,1-2H3/b5-4-/t9-,10-,11-/m0/s1. The Morgan fingerprint density at radius 2 is 2.00 bits per heavy atom. The second-order valence-electron chi connectivity index (χ2n) is 3.97.